The Morgan fingerprint density at radius 3 is 3.07 bits per heavy atom. The van der Waals surface area contributed by atoms with Crippen molar-refractivity contribution in [3.8, 4) is 0 Å². The largest absolute Gasteiger partial charge is 0.396 e. The second-order valence-electron chi connectivity index (χ2n) is 3.30. The Balaban J connectivity index is 2.17. The number of hydrogen-bond donors (Lipinski definition) is 3. The molecule has 0 aliphatic carbocycles. The fraction of sp³-hybridized carbons (Fsp3) is 0.182. The van der Waals surface area contributed by atoms with Crippen LogP contribution in [-0.2, 0) is 4.79 Å². The van der Waals surface area contributed by atoms with E-state index in [-0.39, 0.29) is 18.9 Å². The van der Waals surface area contributed by atoms with Gasteiger partial charge in [-0.25, -0.2) is 0 Å². The maximum absolute atomic E-state index is 11.2. The van der Waals surface area contributed by atoms with Gasteiger partial charge in [0.1, 0.15) is 0 Å². The van der Waals surface area contributed by atoms with Crippen molar-refractivity contribution in [1.82, 2.24) is 4.98 Å². The smallest absolute Gasteiger partial charge is 0.226 e. The summed E-state index contributed by atoms with van der Waals surface area (Å²) in [6.07, 6.45) is 1.98. The van der Waals surface area contributed by atoms with E-state index in [1.807, 2.05) is 30.5 Å². The molecule has 0 fully saturated rings. The minimum atomic E-state index is -0.174. The summed E-state index contributed by atoms with van der Waals surface area (Å²) in [5, 5.41) is 12.4. The van der Waals surface area contributed by atoms with Gasteiger partial charge in [0, 0.05) is 22.8 Å². The number of carbonyl (C=O) groups is 1. The number of aromatic nitrogens is 1. The Kier molecular flexibility index (Phi) is 2.69. The molecule has 0 saturated heterocycles. The first-order valence-electron chi connectivity index (χ1n) is 4.77. The number of aromatic amines is 1. The van der Waals surface area contributed by atoms with Crippen molar-refractivity contribution in [3.63, 3.8) is 0 Å². The molecule has 4 heteroatoms. The second-order valence-corrected chi connectivity index (χ2v) is 3.30. The SMILES string of the molecule is O=C(CCO)Nc1ccc2[nH]ccc2c1. The van der Waals surface area contributed by atoms with Crippen LogP contribution >= 0.6 is 0 Å². The number of rotatable bonds is 3. The first kappa shape index (κ1) is 9.73. The van der Waals surface area contributed by atoms with Crippen LogP contribution in [0.4, 0.5) is 5.69 Å². The normalized spacial score (nSPS) is 10.5. The summed E-state index contributed by atoms with van der Waals surface area (Å²) in [5.41, 5.74) is 1.79. The number of nitrogens with one attached hydrogen (secondary N) is 2. The number of amides is 1. The minimum Gasteiger partial charge on any atom is -0.396 e. The molecule has 1 heterocycles. The van der Waals surface area contributed by atoms with Crippen LogP contribution in [0.15, 0.2) is 30.5 Å². The molecule has 0 spiro atoms. The summed E-state index contributed by atoms with van der Waals surface area (Å²) in [4.78, 5) is 14.3. The molecule has 4 nitrogen and oxygen atoms in total. The van der Waals surface area contributed by atoms with Crippen LogP contribution in [0.1, 0.15) is 6.42 Å². The number of aliphatic hydroxyl groups excluding tert-OH is 1. The molecular weight excluding hydrogens is 192 g/mol. The average Bonchev–Trinajstić information content (AvgIpc) is 2.65. The highest BCUT2D eigenvalue weighted by Crippen LogP contribution is 2.17. The molecule has 0 aliphatic rings. The zero-order chi connectivity index (χ0) is 10.7. The summed E-state index contributed by atoms with van der Waals surface area (Å²) >= 11 is 0. The van der Waals surface area contributed by atoms with Crippen LogP contribution in [0.25, 0.3) is 10.9 Å². The first-order valence-corrected chi connectivity index (χ1v) is 4.77. The lowest BCUT2D eigenvalue weighted by Crippen LogP contribution is -2.12. The van der Waals surface area contributed by atoms with Gasteiger partial charge < -0.3 is 15.4 Å². The Labute approximate surface area is 86.9 Å². The zero-order valence-electron chi connectivity index (χ0n) is 8.16. The maximum atomic E-state index is 11.2. The van der Waals surface area contributed by atoms with Gasteiger partial charge in [-0.15, -0.1) is 0 Å². The van der Waals surface area contributed by atoms with Gasteiger partial charge in [-0.2, -0.15) is 0 Å². The molecule has 0 aliphatic heterocycles. The van der Waals surface area contributed by atoms with Crippen molar-refractivity contribution in [2.45, 2.75) is 6.42 Å². The van der Waals surface area contributed by atoms with Crippen LogP contribution in [0.3, 0.4) is 0 Å². The predicted molar refractivity (Wildman–Crippen MR) is 58.6 cm³/mol. The predicted octanol–water partition coefficient (Wildman–Crippen LogP) is 1.49. The average molecular weight is 204 g/mol. The molecule has 15 heavy (non-hydrogen) atoms. The van der Waals surface area contributed by atoms with Crippen LogP contribution in [0.5, 0.6) is 0 Å². The Bertz CT molecular complexity index is 476. The molecule has 3 N–H and O–H groups in total. The highest BCUT2D eigenvalue weighted by atomic mass is 16.3. The topological polar surface area (TPSA) is 65.1 Å². The Morgan fingerprint density at radius 1 is 1.40 bits per heavy atom. The van der Waals surface area contributed by atoms with Crippen molar-refractivity contribution >= 4 is 22.5 Å². The lowest BCUT2D eigenvalue weighted by Gasteiger charge is -2.03. The van der Waals surface area contributed by atoms with E-state index in [2.05, 4.69) is 10.3 Å². The molecule has 1 amide bonds. The molecule has 0 atom stereocenters. The van der Waals surface area contributed by atoms with Gasteiger partial charge in [0.15, 0.2) is 0 Å². The van der Waals surface area contributed by atoms with E-state index in [0.717, 1.165) is 16.6 Å². The third kappa shape index (κ3) is 2.16. The summed E-state index contributed by atoms with van der Waals surface area (Å²) in [5.74, 6) is -0.174. The zero-order valence-corrected chi connectivity index (χ0v) is 8.16. The lowest BCUT2D eigenvalue weighted by molar-refractivity contribution is -0.116. The monoisotopic (exact) mass is 204 g/mol. The third-order valence-corrected chi connectivity index (χ3v) is 2.18. The van der Waals surface area contributed by atoms with Crippen molar-refractivity contribution in [2.24, 2.45) is 0 Å². The number of benzene rings is 1. The van der Waals surface area contributed by atoms with Gasteiger partial charge in [0.2, 0.25) is 5.91 Å². The van der Waals surface area contributed by atoms with Gasteiger partial charge in [-0.05, 0) is 24.3 Å². The van der Waals surface area contributed by atoms with E-state index in [0.29, 0.717) is 0 Å². The number of fused-ring (bicyclic) bond motifs is 1. The molecular formula is C11H12N2O2. The van der Waals surface area contributed by atoms with E-state index in [4.69, 9.17) is 5.11 Å². The second kappa shape index (κ2) is 4.14. The minimum absolute atomic E-state index is 0.127. The molecule has 0 unspecified atom stereocenters. The van der Waals surface area contributed by atoms with Crippen molar-refractivity contribution < 1.29 is 9.90 Å². The molecule has 0 saturated carbocycles. The number of hydrogen-bond acceptors (Lipinski definition) is 2. The van der Waals surface area contributed by atoms with E-state index in [1.165, 1.54) is 0 Å². The van der Waals surface area contributed by atoms with Crippen molar-refractivity contribution in [3.05, 3.63) is 30.5 Å². The Hall–Kier alpha value is -1.81. The molecule has 2 rings (SSSR count). The molecule has 1 aromatic heterocycles. The molecule has 1 aromatic carbocycles. The fourth-order valence-electron chi connectivity index (χ4n) is 1.46. The first-order chi connectivity index (χ1) is 7.29. The van der Waals surface area contributed by atoms with E-state index in [9.17, 15) is 4.79 Å². The summed E-state index contributed by atoms with van der Waals surface area (Å²) in [7, 11) is 0. The molecule has 0 radical (unpaired) electrons. The van der Waals surface area contributed by atoms with Crippen molar-refractivity contribution in [1.29, 1.82) is 0 Å². The number of H-pyrrole nitrogens is 1. The van der Waals surface area contributed by atoms with Crippen molar-refractivity contribution in [2.75, 3.05) is 11.9 Å². The highest BCUT2D eigenvalue weighted by molar-refractivity contribution is 5.93. The number of carbonyl (C=O) groups excluding carboxylic acids is 1. The van der Waals surface area contributed by atoms with Gasteiger partial charge in [0.25, 0.3) is 0 Å². The van der Waals surface area contributed by atoms with Gasteiger partial charge in [0.05, 0.1) is 13.0 Å². The van der Waals surface area contributed by atoms with Gasteiger partial charge in [-0.3, -0.25) is 4.79 Å². The molecule has 0 bridgehead atoms. The van der Waals surface area contributed by atoms with E-state index >= 15 is 0 Å². The summed E-state index contributed by atoms with van der Waals surface area (Å²) in [6.45, 7) is -0.127. The van der Waals surface area contributed by atoms with Crippen LogP contribution < -0.4 is 5.32 Å². The Morgan fingerprint density at radius 2 is 2.27 bits per heavy atom. The number of aliphatic hydroxyl groups is 1. The maximum Gasteiger partial charge on any atom is 0.226 e. The highest BCUT2D eigenvalue weighted by Gasteiger charge is 2.02. The van der Waals surface area contributed by atoms with Crippen LogP contribution in [0, 0.1) is 0 Å². The van der Waals surface area contributed by atoms with Crippen LogP contribution in [-0.4, -0.2) is 22.6 Å². The third-order valence-electron chi connectivity index (χ3n) is 2.18. The fourth-order valence-corrected chi connectivity index (χ4v) is 1.46. The molecule has 2 aromatic rings. The summed E-state index contributed by atoms with van der Waals surface area (Å²) in [6, 6.07) is 7.57. The van der Waals surface area contributed by atoms with Crippen LogP contribution in [0.2, 0.25) is 0 Å². The van der Waals surface area contributed by atoms with Gasteiger partial charge in [-0.1, -0.05) is 0 Å². The quantitative estimate of drug-likeness (QED) is 0.709. The van der Waals surface area contributed by atoms with E-state index in [1.54, 1.807) is 0 Å². The summed E-state index contributed by atoms with van der Waals surface area (Å²) < 4.78 is 0. The van der Waals surface area contributed by atoms with Gasteiger partial charge >= 0.3 is 0 Å². The number of anilines is 1. The molecule has 78 valence electrons. The standard InChI is InChI=1S/C11H12N2O2/c14-6-4-11(15)13-9-1-2-10-8(7-9)3-5-12-10/h1-3,5,7,12,14H,4,6H2,(H,13,15). The van der Waals surface area contributed by atoms with E-state index < -0.39 is 0 Å². The lowest BCUT2D eigenvalue weighted by atomic mass is 10.2.